The van der Waals surface area contributed by atoms with Crippen molar-refractivity contribution in [2.75, 3.05) is 18.4 Å². The van der Waals surface area contributed by atoms with E-state index in [2.05, 4.69) is 15.6 Å². The van der Waals surface area contributed by atoms with Crippen molar-refractivity contribution >= 4 is 49.9 Å². The number of hydrogen-bond acceptors (Lipinski definition) is 8. The van der Waals surface area contributed by atoms with Crippen LogP contribution in [0.3, 0.4) is 0 Å². The van der Waals surface area contributed by atoms with Crippen molar-refractivity contribution in [2.24, 2.45) is 0 Å². The summed E-state index contributed by atoms with van der Waals surface area (Å²) >= 11 is 3.14. The molecular formula is C24H29N5O3S2. The molecule has 0 radical (unpaired) electrons. The quantitative estimate of drug-likeness (QED) is 0.506. The lowest BCUT2D eigenvalue weighted by Gasteiger charge is -2.30. The molecule has 10 heteroatoms. The fraction of sp³-hybridized carbons (Fsp3) is 0.500. The van der Waals surface area contributed by atoms with E-state index in [1.807, 2.05) is 26.8 Å². The van der Waals surface area contributed by atoms with Crippen molar-refractivity contribution in [3.8, 4) is 10.6 Å². The zero-order chi connectivity index (χ0) is 23.9. The monoisotopic (exact) mass is 499 g/mol. The van der Waals surface area contributed by atoms with Gasteiger partial charge in [-0.05, 0) is 51.7 Å². The third kappa shape index (κ3) is 5.24. The van der Waals surface area contributed by atoms with Crippen molar-refractivity contribution in [3.63, 3.8) is 0 Å². The van der Waals surface area contributed by atoms with Gasteiger partial charge in [-0.3, -0.25) is 9.78 Å². The van der Waals surface area contributed by atoms with E-state index in [-0.39, 0.29) is 12.0 Å². The molecule has 34 heavy (non-hydrogen) atoms. The first-order valence-electron chi connectivity index (χ1n) is 11.6. The summed E-state index contributed by atoms with van der Waals surface area (Å²) in [6.07, 6.45) is 6.73. The summed E-state index contributed by atoms with van der Waals surface area (Å²) in [7, 11) is 0. The topological polar surface area (TPSA) is 96.5 Å². The highest BCUT2D eigenvalue weighted by Gasteiger charge is 2.31. The number of thiophene rings is 1. The molecule has 3 aromatic heterocycles. The number of carbonyl (C=O) groups is 2. The third-order valence-corrected chi connectivity index (χ3v) is 7.91. The Morgan fingerprint density at radius 2 is 2.09 bits per heavy atom. The molecule has 2 amide bonds. The highest BCUT2D eigenvalue weighted by atomic mass is 32.1. The van der Waals surface area contributed by atoms with Crippen LogP contribution in [0.2, 0.25) is 0 Å². The maximum atomic E-state index is 12.8. The maximum Gasteiger partial charge on any atom is 0.410 e. The number of thiazole rings is 1. The number of ether oxygens (including phenoxy) is 1. The summed E-state index contributed by atoms with van der Waals surface area (Å²) in [5, 5.41) is 8.21. The second kappa shape index (κ2) is 9.24. The Labute approximate surface area is 206 Å². The van der Waals surface area contributed by atoms with Crippen LogP contribution in [0.5, 0.6) is 0 Å². The van der Waals surface area contributed by atoms with Gasteiger partial charge in [0.15, 0.2) is 0 Å². The molecule has 2 N–H and O–H groups in total. The van der Waals surface area contributed by atoms with Crippen LogP contribution < -0.4 is 10.6 Å². The summed E-state index contributed by atoms with van der Waals surface area (Å²) in [4.78, 5) is 37.2. The van der Waals surface area contributed by atoms with Crippen molar-refractivity contribution in [1.29, 1.82) is 0 Å². The molecule has 1 aliphatic heterocycles. The van der Waals surface area contributed by atoms with Gasteiger partial charge in [-0.2, -0.15) is 0 Å². The zero-order valence-electron chi connectivity index (χ0n) is 19.6. The van der Waals surface area contributed by atoms with Crippen LogP contribution in [0.25, 0.3) is 20.8 Å². The number of amides is 2. The van der Waals surface area contributed by atoms with Gasteiger partial charge in [0, 0.05) is 42.2 Å². The Hall–Kier alpha value is -2.56. The summed E-state index contributed by atoms with van der Waals surface area (Å²) in [5.74, 6) is -0.0141. The average molecular weight is 500 g/mol. The van der Waals surface area contributed by atoms with Gasteiger partial charge < -0.3 is 20.3 Å². The number of fused-ring (bicyclic) bond motifs is 2. The first-order valence-corrected chi connectivity index (χ1v) is 13.3. The summed E-state index contributed by atoms with van der Waals surface area (Å²) in [6.45, 7) is 7.33. The molecule has 1 aliphatic carbocycles. The molecule has 8 nitrogen and oxygen atoms in total. The second-order valence-corrected chi connectivity index (χ2v) is 11.9. The standard InChI is InChI=1S/C24H29N5O3S2/c1-24(2,3)32-23(31)29-11-8-15-18(13-29)34-22(28-19(30)7-10-26-14-4-5-14)20(15)21-27-16-12-25-9-6-17(16)33-21/h6,9,12,14,26H,4-5,7-8,10-11,13H2,1-3H3,(H,28,30). The molecule has 4 heterocycles. The Kier molecular flexibility index (Phi) is 6.30. The SMILES string of the molecule is CC(C)(C)OC(=O)N1CCc2c(sc(NC(=O)CCNC3CC3)c2-c2nc3cnccc3s2)C1. The lowest BCUT2D eigenvalue weighted by molar-refractivity contribution is -0.116. The number of pyridine rings is 1. The summed E-state index contributed by atoms with van der Waals surface area (Å²) in [5.41, 5.74) is 2.44. The van der Waals surface area contributed by atoms with Crippen LogP contribution >= 0.6 is 22.7 Å². The van der Waals surface area contributed by atoms with Gasteiger partial charge >= 0.3 is 6.09 Å². The third-order valence-electron chi connectivity index (χ3n) is 5.73. The minimum atomic E-state index is -0.541. The van der Waals surface area contributed by atoms with Gasteiger partial charge in [0.1, 0.15) is 21.1 Å². The molecule has 0 bridgehead atoms. The molecule has 0 saturated heterocycles. The van der Waals surface area contributed by atoms with E-state index in [1.165, 1.54) is 24.2 Å². The fourth-order valence-corrected chi connectivity index (χ4v) is 6.31. The average Bonchev–Trinajstić information content (AvgIpc) is 3.38. The molecular weight excluding hydrogens is 470 g/mol. The van der Waals surface area contributed by atoms with E-state index in [1.54, 1.807) is 28.6 Å². The predicted molar refractivity (Wildman–Crippen MR) is 135 cm³/mol. The lowest BCUT2D eigenvalue weighted by atomic mass is 10.0. The van der Waals surface area contributed by atoms with Gasteiger partial charge in [0.2, 0.25) is 5.91 Å². The normalized spacial score (nSPS) is 15.9. The van der Waals surface area contributed by atoms with E-state index in [4.69, 9.17) is 9.72 Å². The van der Waals surface area contributed by atoms with Gasteiger partial charge in [0.05, 0.1) is 17.4 Å². The lowest BCUT2D eigenvalue weighted by Crippen LogP contribution is -2.39. The van der Waals surface area contributed by atoms with E-state index in [0.29, 0.717) is 38.5 Å². The number of aromatic nitrogens is 2. The molecule has 180 valence electrons. The van der Waals surface area contributed by atoms with E-state index < -0.39 is 5.60 Å². The van der Waals surface area contributed by atoms with Gasteiger partial charge in [-0.1, -0.05) is 0 Å². The number of anilines is 1. The minimum Gasteiger partial charge on any atom is -0.444 e. The summed E-state index contributed by atoms with van der Waals surface area (Å²) in [6, 6.07) is 2.54. The molecule has 0 atom stereocenters. The largest absolute Gasteiger partial charge is 0.444 e. The number of hydrogen-bond donors (Lipinski definition) is 2. The van der Waals surface area contributed by atoms with Gasteiger partial charge in [-0.25, -0.2) is 9.78 Å². The smallest absolute Gasteiger partial charge is 0.410 e. The molecule has 1 fully saturated rings. The zero-order valence-corrected chi connectivity index (χ0v) is 21.3. The van der Waals surface area contributed by atoms with Crippen molar-refractivity contribution in [3.05, 3.63) is 28.9 Å². The van der Waals surface area contributed by atoms with Crippen LogP contribution in [0.1, 0.15) is 50.5 Å². The molecule has 1 saturated carbocycles. The van der Waals surface area contributed by atoms with E-state index in [0.717, 1.165) is 36.2 Å². The Balaban J connectivity index is 1.42. The summed E-state index contributed by atoms with van der Waals surface area (Å²) < 4.78 is 6.64. The Bertz CT molecular complexity index is 1190. The number of carbonyl (C=O) groups excluding carboxylic acids is 2. The van der Waals surface area contributed by atoms with Gasteiger partial charge in [-0.15, -0.1) is 22.7 Å². The minimum absolute atomic E-state index is 0.0141. The molecule has 2 aliphatic rings. The second-order valence-electron chi connectivity index (χ2n) is 9.75. The van der Waals surface area contributed by atoms with Gasteiger partial charge in [0.25, 0.3) is 0 Å². The highest BCUT2D eigenvalue weighted by molar-refractivity contribution is 7.22. The fourth-order valence-electron chi connectivity index (χ4n) is 3.95. The van der Waals surface area contributed by atoms with E-state index in [9.17, 15) is 9.59 Å². The molecule has 0 aromatic carbocycles. The van der Waals surface area contributed by atoms with Crippen LogP contribution in [-0.4, -0.2) is 51.6 Å². The van der Waals surface area contributed by atoms with Crippen LogP contribution in [-0.2, 0) is 22.5 Å². The van der Waals surface area contributed by atoms with Crippen molar-refractivity contribution in [2.45, 2.75) is 64.6 Å². The predicted octanol–water partition coefficient (Wildman–Crippen LogP) is 4.79. The molecule has 0 spiro atoms. The molecule has 0 unspecified atom stereocenters. The number of nitrogens with zero attached hydrogens (tertiary/aromatic N) is 3. The number of rotatable bonds is 6. The van der Waals surface area contributed by atoms with Crippen LogP contribution in [0.4, 0.5) is 9.80 Å². The first-order chi connectivity index (χ1) is 16.3. The molecule has 5 rings (SSSR count). The Morgan fingerprint density at radius 3 is 2.82 bits per heavy atom. The first kappa shape index (κ1) is 23.2. The maximum absolute atomic E-state index is 12.8. The van der Waals surface area contributed by atoms with Crippen LogP contribution in [0.15, 0.2) is 18.5 Å². The van der Waals surface area contributed by atoms with Crippen molar-refractivity contribution in [1.82, 2.24) is 20.2 Å². The van der Waals surface area contributed by atoms with Crippen molar-refractivity contribution < 1.29 is 14.3 Å². The Morgan fingerprint density at radius 1 is 1.26 bits per heavy atom. The number of nitrogens with one attached hydrogen (secondary N) is 2. The van der Waals surface area contributed by atoms with E-state index >= 15 is 0 Å². The van der Waals surface area contributed by atoms with Crippen LogP contribution in [0, 0.1) is 0 Å². The molecule has 3 aromatic rings. The highest BCUT2D eigenvalue weighted by Crippen LogP contribution is 2.45.